The largest absolute Gasteiger partial charge is 0.458 e. The zero-order valence-electron chi connectivity index (χ0n) is 13.3. The summed E-state index contributed by atoms with van der Waals surface area (Å²) >= 11 is 0. The third-order valence-corrected chi connectivity index (χ3v) is 3.63. The highest BCUT2D eigenvalue weighted by atomic mass is 16.5. The first-order chi connectivity index (χ1) is 8.70. The monoisotopic (exact) mass is 270 g/mol. The molecule has 0 aromatic heterocycles. The van der Waals surface area contributed by atoms with E-state index in [0.29, 0.717) is 6.32 Å². The van der Waals surface area contributed by atoms with Gasteiger partial charge in [0.25, 0.3) is 0 Å². The molecule has 4 heteroatoms. The first-order valence-electron chi connectivity index (χ1n) is 7.44. The van der Waals surface area contributed by atoms with E-state index in [0.717, 1.165) is 6.42 Å². The molecule has 0 radical (unpaired) electrons. The zero-order chi connectivity index (χ0) is 14.9. The lowest BCUT2D eigenvalue weighted by atomic mass is 9.80. The molecule has 0 aromatic carbocycles. The quantitative estimate of drug-likeness (QED) is 0.362. The standard InChI is InChI=1S/C15H31BO3/c1-6-7-8-9-10-11-12-13-16(18)19-15(4,5)14(2,3)17/h11-12,17-18H,6-10,13H2,1-5H3/b12-11+. The summed E-state index contributed by atoms with van der Waals surface area (Å²) in [5.74, 6) is 0. The number of allylic oxidation sites excluding steroid dienone is 2. The fourth-order valence-corrected chi connectivity index (χ4v) is 1.55. The van der Waals surface area contributed by atoms with E-state index in [2.05, 4.69) is 13.0 Å². The Bertz CT molecular complexity index is 257. The summed E-state index contributed by atoms with van der Waals surface area (Å²) in [6, 6.07) is 0. The Hall–Kier alpha value is -0.315. The Labute approximate surface area is 119 Å². The summed E-state index contributed by atoms with van der Waals surface area (Å²) in [6.07, 6.45) is 10.6. The van der Waals surface area contributed by atoms with Crippen LogP contribution in [0.5, 0.6) is 0 Å². The fourth-order valence-electron chi connectivity index (χ4n) is 1.55. The van der Waals surface area contributed by atoms with E-state index in [-0.39, 0.29) is 0 Å². The van der Waals surface area contributed by atoms with Crippen molar-refractivity contribution in [1.29, 1.82) is 0 Å². The van der Waals surface area contributed by atoms with E-state index in [1.165, 1.54) is 25.7 Å². The lowest BCUT2D eigenvalue weighted by Crippen LogP contribution is -2.50. The first kappa shape index (κ1) is 18.7. The van der Waals surface area contributed by atoms with Gasteiger partial charge in [0, 0.05) is 6.32 Å². The Kier molecular flexibility index (Phi) is 8.63. The van der Waals surface area contributed by atoms with Gasteiger partial charge >= 0.3 is 7.12 Å². The maximum atomic E-state index is 9.93. The summed E-state index contributed by atoms with van der Waals surface area (Å²) < 4.78 is 5.50. The van der Waals surface area contributed by atoms with E-state index in [1.807, 2.05) is 6.08 Å². The summed E-state index contributed by atoms with van der Waals surface area (Å²) in [6.45, 7) is 9.13. The van der Waals surface area contributed by atoms with Crippen molar-refractivity contribution in [1.82, 2.24) is 0 Å². The highest BCUT2D eigenvalue weighted by Gasteiger charge is 2.38. The molecule has 19 heavy (non-hydrogen) atoms. The Balaban J connectivity index is 3.87. The number of unbranched alkanes of at least 4 members (excludes halogenated alkanes) is 4. The van der Waals surface area contributed by atoms with Crippen LogP contribution in [0, 0.1) is 0 Å². The molecule has 0 spiro atoms. The summed E-state index contributed by atoms with van der Waals surface area (Å²) in [4.78, 5) is 0. The average Bonchev–Trinajstić information content (AvgIpc) is 2.25. The van der Waals surface area contributed by atoms with Crippen molar-refractivity contribution in [3.8, 4) is 0 Å². The fraction of sp³-hybridized carbons (Fsp3) is 0.867. The van der Waals surface area contributed by atoms with Gasteiger partial charge in [-0.25, -0.2) is 0 Å². The van der Waals surface area contributed by atoms with Gasteiger partial charge in [0.15, 0.2) is 0 Å². The number of rotatable bonds is 10. The van der Waals surface area contributed by atoms with Crippen LogP contribution < -0.4 is 0 Å². The van der Waals surface area contributed by atoms with Crippen molar-refractivity contribution in [3.05, 3.63) is 12.2 Å². The molecular formula is C15H31BO3. The van der Waals surface area contributed by atoms with Gasteiger partial charge in [-0.2, -0.15) is 0 Å². The van der Waals surface area contributed by atoms with Crippen LogP contribution >= 0.6 is 0 Å². The summed E-state index contributed by atoms with van der Waals surface area (Å²) in [5, 5.41) is 19.7. The van der Waals surface area contributed by atoms with Gasteiger partial charge in [-0.15, -0.1) is 0 Å². The highest BCUT2D eigenvalue weighted by Crippen LogP contribution is 2.25. The number of hydrogen-bond donors (Lipinski definition) is 2. The molecule has 0 saturated carbocycles. The highest BCUT2D eigenvalue weighted by molar-refractivity contribution is 6.43. The average molecular weight is 270 g/mol. The van der Waals surface area contributed by atoms with Crippen molar-refractivity contribution >= 4 is 7.12 Å². The Morgan fingerprint density at radius 1 is 1.05 bits per heavy atom. The van der Waals surface area contributed by atoms with Gasteiger partial charge in [0.2, 0.25) is 0 Å². The lowest BCUT2D eigenvalue weighted by Gasteiger charge is -2.38. The smallest absolute Gasteiger partial charge is 0.427 e. The van der Waals surface area contributed by atoms with Crippen LogP contribution in [0.15, 0.2) is 12.2 Å². The maximum absolute atomic E-state index is 9.93. The minimum absolute atomic E-state index is 0.466. The number of hydrogen-bond acceptors (Lipinski definition) is 3. The maximum Gasteiger partial charge on any atom is 0.458 e. The zero-order valence-corrected chi connectivity index (χ0v) is 13.3. The molecular weight excluding hydrogens is 239 g/mol. The van der Waals surface area contributed by atoms with Crippen LogP contribution in [-0.2, 0) is 4.65 Å². The topological polar surface area (TPSA) is 49.7 Å². The Morgan fingerprint density at radius 3 is 2.21 bits per heavy atom. The molecule has 0 unspecified atom stereocenters. The summed E-state index contributed by atoms with van der Waals surface area (Å²) in [5.41, 5.74) is -1.76. The molecule has 0 atom stereocenters. The predicted molar refractivity (Wildman–Crippen MR) is 82.1 cm³/mol. The van der Waals surface area contributed by atoms with Crippen LogP contribution in [0.2, 0.25) is 6.32 Å². The van der Waals surface area contributed by atoms with Crippen LogP contribution in [-0.4, -0.2) is 28.5 Å². The molecule has 2 N–H and O–H groups in total. The molecule has 0 heterocycles. The van der Waals surface area contributed by atoms with Gasteiger partial charge in [-0.3, -0.25) is 0 Å². The van der Waals surface area contributed by atoms with Gasteiger partial charge in [-0.1, -0.05) is 38.3 Å². The van der Waals surface area contributed by atoms with Crippen LogP contribution in [0.4, 0.5) is 0 Å². The van der Waals surface area contributed by atoms with Crippen molar-refractivity contribution < 1.29 is 14.8 Å². The van der Waals surface area contributed by atoms with E-state index in [1.54, 1.807) is 27.7 Å². The van der Waals surface area contributed by atoms with E-state index < -0.39 is 18.3 Å². The number of aliphatic hydroxyl groups is 1. The van der Waals surface area contributed by atoms with Crippen molar-refractivity contribution in [2.24, 2.45) is 0 Å². The van der Waals surface area contributed by atoms with Crippen molar-refractivity contribution in [2.45, 2.75) is 84.2 Å². The van der Waals surface area contributed by atoms with Gasteiger partial charge < -0.3 is 14.8 Å². The second-order valence-corrected chi connectivity index (χ2v) is 6.20. The molecule has 112 valence electrons. The van der Waals surface area contributed by atoms with Gasteiger partial charge in [-0.05, 0) is 40.5 Å². The third-order valence-electron chi connectivity index (χ3n) is 3.63. The van der Waals surface area contributed by atoms with Crippen molar-refractivity contribution in [3.63, 3.8) is 0 Å². The first-order valence-corrected chi connectivity index (χ1v) is 7.44. The van der Waals surface area contributed by atoms with E-state index in [9.17, 15) is 10.1 Å². The molecule has 3 nitrogen and oxygen atoms in total. The normalized spacial score (nSPS) is 13.2. The van der Waals surface area contributed by atoms with E-state index >= 15 is 0 Å². The molecule has 0 fully saturated rings. The lowest BCUT2D eigenvalue weighted by molar-refractivity contribution is -0.0996. The molecule has 0 rings (SSSR count). The molecule has 0 amide bonds. The molecule has 0 aliphatic heterocycles. The minimum Gasteiger partial charge on any atom is -0.427 e. The molecule has 0 aliphatic rings. The third kappa shape index (κ3) is 8.45. The molecule has 0 bridgehead atoms. The molecule has 0 aromatic rings. The second kappa shape index (κ2) is 8.78. The van der Waals surface area contributed by atoms with Gasteiger partial charge in [0.05, 0.1) is 11.2 Å². The van der Waals surface area contributed by atoms with E-state index in [4.69, 9.17) is 4.65 Å². The van der Waals surface area contributed by atoms with Crippen LogP contribution in [0.3, 0.4) is 0 Å². The Morgan fingerprint density at radius 2 is 1.68 bits per heavy atom. The predicted octanol–water partition coefficient (Wildman–Crippen LogP) is 3.56. The molecule has 0 saturated heterocycles. The SMILES string of the molecule is CCCCCC/C=C/CB(O)OC(C)(C)C(C)(C)O. The van der Waals surface area contributed by atoms with Crippen molar-refractivity contribution in [2.75, 3.05) is 0 Å². The van der Waals surface area contributed by atoms with Crippen LogP contribution in [0.25, 0.3) is 0 Å². The van der Waals surface area contributed by atoms with Gasteiger partial charge in [0.1, 0.15) is 0 Å². The second-order valence-electron chi connectivity index (χ2n) is 6.20. The minimum atomic E-state index is -0.988. The molecule has 0 aliphatic carbocycles. The van der Waals surface area contributed by atoms with Crippen LogP contribution in [0.1, 0.15) is 66.7 Å². The summed E-state index contributed by atoms with van der Waals surface area (Å²) in [7, 11) is -0.867.